The number of hydrogen-bond donors (Lipinski definition) is 2. The molecule has 0 aromatic heterocycles. The number of carbonyl (C=O) groups excluding carboxylic acids is 2. The number of ether oxygens (including phenoxy) is 2. The Labute approximate surface area is 149 Å². The zero-order chi connectivity index (χ0) is 18.3. The molecule has 2 N–H and O–H groups in total. The Hall–Kier alpha value is -2.24. The molecule has 1 aromatic rings. The van der Waals surface area contributed by atoms with Crippen LogP contribution in [0.1, 0.15) is 58.4 Å². The molecule has 138 valence electrons. The Balaban J connectivity index is 1.87. The summed E-state index contributed by atoms with van der Waals surface area (Å²) in [5.41, 5.74) is 0.712. The normalized spacial score (nSPS) is 15.3. The topological polar surface area (TPSA) is 76.7 Å². The molecule has 0 saturated heterocycles. The first-order chi connectivity index (χ1) is 11.8. The molecule has 6 nitrogen and oxygen atoms in total. The van der Waals surface area contributed by atoms with Gasteiger partial charge in [-0.05, 0) is 39.7 Å². The first kappa shape index (κ1) is 19.1. The van der Waals surface area contributed by atoms with Gasteiger partial charge in [-0.1, -0.05) is 37.5 Å². The maximum absolute atomic E-state index is 12.0. The van der Waals surface area contributed by atoms with Crippen molar-refractivity contribution in [3.8, 4) is 0 Å². The molecule has 1 aromatic carbocycles. The molecule has 0 heterocycles. The van der Waals surface area contributed by atoms with E-state index in [2.05, 4.69) is 10.6 Å². The minimum Gasteiger partial charge on any atom is -0.445 e. The number of nitrogens with one attached hydrogen (secondary N) is 2. The van der Waals surface area contributed by atoms with E-state index in [-0.39, 0.29) is 12.6 Å². The molecule has 0 aliphatic heterocycles. The van der Waals surface area contributed by atoms with Crippen molar-refractivity contribution < 1.29 is 19.1 Å². The summed E-state index contributed by atoms with van der Waals surface area (Å²) < 4.78 is 10.6. The molecule has 1 fully saturated rings. The maximum Gasteiger partial charge on any atom is 0.412 e. The fourth-order valence-corrected chi connectivity index (χ4v) is 2.78. The van der Waals surface area contributed by atoms with Crippen molar-refractivity contribution >= 4 is 17.9 Å². The number of para-hydroxylation sites is 1. The van der Waals surface area contributed by atoms with Crippen molar-refractivity contribution in [3.63, 3.8) is 0 Å². The highest BCUT2D eigenvalue weighted by molar-refractivity contribution is 5.86. The molecule has 0 radical (unpaired) electrons. The average molecular weight is 348 g/mol. The minimum absolute atomic E-state index is 0.0878. The Morgan fingerprint density at radius 1 is 1.08 bits per heavy atom. The summed E-state index contributed by atoms with van der Waals surface area (Å²) in [6.45, 7) is 5.50. The maximum atomic E-state index is 12.0. The summed E-state index contributed by atoms with van der Waals surface area (Å²) in [4.78, 5) is 23.9. The van der Waals surface area contributed by atoms with Gasteiger partial charge in [0.1, 0.15) is 12.2 Å². The molecule has 0 bridgehead atoms. The van der Waals surface area contributed by atoms with Gasteiger partial charge in [-0.15, -0.1) is 0 Å². The number of amides is 2. The lowest BCUT2D eigenvalue weighted by Gasteiger charge is -2.22. The Morgan fingerprint density at radius 2 is 1.76 bits per heavy atom. The van der Waals surface area contributed by atoms with Gasteiger partial charge in [0.15, 0.2) is 0 Å². The quantitative estimate of drug-likeness (QED) is 0.834. The first-order valence-electron chi connectivity index (χ1n) is 8.85. The van der Waals surface area contributed by atoms with Gasteiger partial charge in [-0.25, -0.2) is 9.59 Å². The Bertz CT molecular complexity index is 589. The molecule has 25 heavy (non-hydrogen) atoms. The Kier molecular flexibility index (Phi) is 6.67. The van der Waals surface area contributed by atoms with E-state index in [1.807, 2.05) is 6.07 Å². The van der Waals surface area contributed by atoms with Gasteiger partial charge in [0, 0.05) is 11.6 Å². The monoisotopic (exact) mass is 348 g/mol. The van der Waals surface area contributed by atoms with Gasteiger partial charge in [0.2, 0.25) is 0 Å². The standard InChI is InChI=1S/C19H28N2O4/c1-19(2,3)25-18(23)21-16-12-8-7-9-14(16)13-24-17(22)20-15-10-5-4-6-11-15/h7-9,12,15H,4-6,10-11,13H2,1-3H3,(H,20,22)(H,21,23). The van der Waals surface area contributed by atoms with Crippen LogP contribution in [0, 0.1) is 0 Å². The van der Waals surface area contributed by atoms with Gasteiger partial charge in [0.05, 0.1) is 5.69 Å². The van der Waals surface area contributed by atoms with Crippen molar-refractivity contribution in [2.45, 2.75) is 71.1 Å². The molecule has 2 rings (SSSR count). The molecule has 1 aliphatic rings. The van der Waals surface area contributed by atoms with Crippen LogP contribution in [0.15, 0.2) is 24.3 Å². The van der Waals surface area contributed by atoms with E-state index >= 15 is 0 Å². The van der Waals surface area contributed by atoms with E-state index in [4.69, 9.17) is 9.47 Å². The average Bonchev–Trinajstić information content (AvgIpc) is 2.53. The second-order valence-corrected chi connectivity index (χ2v) is 7.34. The largest absolute Gasteiger partial charge is 0.445 e. The predicted octanol–water partition coefficient (Wildman–Crippen LogP) is 4.59. The summed E-state index contributed by atoms with van der Waals surface area (Å²) in [5, 5.41) is 5.61. The molecular formula is C19H28N2O4. The zero-order valence-corrected chi connectivity index (χ0v) is 15.3. The highest BCUT2D eigenvalue weighted by Gasteiger charge is 2.18. The third-order valence-electron chi connectivity index (χ3n) is 3.94. The molecule has 2 amide bonds. The number of alkyl carbamates (subject to hydrolysis) is 1. The highest BCUT2D eigenvalue weighted by atomic mass is 16.6. The molecule has 1 aliphatic carbocycles. The van der Waals surface area contributed by atoms with Gasteiger partial charge in [-0.3, -0.25) is 5.32 Å². The van der Waals surface area contributed by atoms with Gasteiger partial charge >= 0.3 is 12.2 Å². The van der Waals surface area contributed by atoms with Crippen LogP contribution in [0.3, 0.4) is 0 Å². The van der Waals surface area contributed by atoms with Crippen LogP contribution in [0.4, 0.5) is 15.3 Å². The second-order valence-electron chi connectivity index (χ2n) is 7.34. The first-order valence-corrected chi connectivity index (χ1v) is 8.85. The SMILES string of the molecule is CC(C)(C)OC(=O)Nc1ccccc1COC(=O)NC1CCCCC1. The van der Waals surface area contributed by atoms with Gasteiger partial charge in [0.25, 0.3) is 0 Å². The van der Waals surface area contributed by atoms with Crippen molar-refractivity contribution in [1.82, 2.24) is 5.32 Å². The lowest BCUT2D eigenvalue weighted by atomic mass is 9.96. The smallest absolute Gasteiger partial charge is 0.412 e. The second kappa shape index (κ2) is 8.74. The lowest BCUT2D eigenvalue weighted by Crippen LogP contribution is -2.36. The van der Waals surface area contributed by atoms with Crippen LogP contribution in [0.5, 0.6) is 0 Å². The molecule has 6 heteroatoms. The highest BCUT2D eigenvalue weighted by Crippen LogP contribution is 2.19. The van der Waals surface area contributed by atoms with Crippen LogP contribution in [-0.2, 0) is 16.1 Å². The van der Waals surface area contributed by atoms with E-state index in [1.165, 1.54) is 6.42 Å². The van der Waals surface area contributed by atoms with E-state index in [1.54, 1.807) is 39.0 Å². The molecule has 0 atom stereocenters. The fraction of sp³-hybridized carbons (Fsp3) is 0.579. The van der Waals surface area contributed by atoms with Crippen LogP contribution >= 0.6 is 0 Å². The number of carbonyl (C=O) groups is 2. The predicted molar refractivity (Wildman–Crippen MR) is 96.5 cm³/mol. The minimum atomic E-state index is -0.574. The summed E-state index contributed by atoms with van der Waals surface area (Å²) in [6, 6.07) is 7.40. The summed E-state index contributed by atoms with van der Waals surface area (Å²) in [6.07, 6.45) is 4.58. The van der Waals surface area contributed by atoms with E-state index < -0.39 is 17.8 Å². The molecule has 1 saturated carbocycles. The van der Waals surface area contributed by atoms with E-state index in [0.717, 1.165) is 25.7 Å². The number of rotatable bonds is 4. The van der Waals surface area contributed by atoms with Crippen molar-refractivity contribution in [3.05, 3.63) is 29.8 Å². The van der Waals surface area contributed by atoms with Crippen molar-refractivity contribution in [2.24, 2.45) is 0 Å². The van der Waals surface area contributed by atoms with Crippen molar-refractivity contribution in [1.29, 1.82) is 0 Å². The van der Waals surface area contributed by atoms with Crippen molar-refractivity contribution in [2.75, 3.05) is 5.32 Å². The molecule has 0 spiro atoms. The van der Waals surface area contributed by atoms with Gasteiger partial charge in [-0.2, -0.15) is 0 Å². The zero-order valence-electron chi connectivity index (χ0n) is 15.3. The fourth-order valence-electron chi connectivity index (χ4n) is 2.78. The van der Waals surface area contributed by atoms with Crippen LogP contribution in [0.2, 0.25) is 0 Å². The molecular weight excluding hydrogens is 320 g/mol. The number of hydrogen-bond acceptors (Lipinski definition) is 4. The third kappa shape index (κ3) is 7.03. The summed E-state index contributed by atoms with van der Waals surface area (Å²) in [7, 11) is 0. The van der Waals surface area contributed by atoms with E-state index in [9.17, 15) is 9.59 Å². The van der Waals surface area contributed by atoms with Crippen LogP contribution in [-0.4, -0.2) is 23.8 Å². The van der Waals surface area contributed by atoms with Gasteiger partial charge < -0.3 is 14.8 Å². The molecule has 0 unspecified atom stereocenters. The summed E-state index contributed by atoms with van der Waals surface area (Å²) in [5.74, 6) is 0. The van der Waals surface area contributed by atoms with Crippen LogP contribution in [0.25, 0.3) is 0 Å². The Morgan fingerprint density at radius 3 is 2.44 bits per heavy atom. The number of anilines is 1. The third-order valence-corrected chi connectivity index (χ3v) is 3.94. The lowest BCUT2D eigenvalue weighted by molar-refractivity contribution is 0.0635. The van der Waals surface area contributed by atoms with Crippen LogP contribution < -0.4 is 10.6 Å². The van der Waals surface area contributed by atoms with E-state index in [0.29, 0.717) is 11.3 Å². The summed E-state index contributed by atoms with van der Waals surface area (Å²) >= 11 is 0. The number of benzene rings is 1.